The van der Waals surface area contributed by atoms with Gasteiger partial charge >= 0.3 is 5.97 Å². The van der Waals surface area contributed by atoms with E-state index in [1.165, 1.54) is 0 Å². The van der Waals surface area contributed by atoms with Crippen LogP contribution < -0.4 is 5.73 Å². The Kier molecular flexibility index (Phi) is 2.41. The number of nitrogens with two attached hydrogens (primary N) is 1. The van der Waals surface area contributed by atoms with E-state index in [1.807, 2.05) is 0 Å². The van der Waals surface area contributed by atoms with E-state index < -0.39 is 35.7 Å². The van der Waals surface area contributed by atoms with Gasteiger partial charge in [0.1, 0.15) is 12.1 Å². The molecule has 1 rings (SSSR count). The first kappa shape index (κ1) is 10.0. The molecule has 0 aromatic rings. The number of nitrogens with zero attached hydrogens (tertiary/aromatic N) is 1. The lowest BCUT2D eigenvalue weighted by molar-refractivity contribution is -0.133. The van der Waals surface area contributed by atoms with E-state index in [0.717, 1.165) is 4.90 Å². The molecule has 4 N–H and O–H groups in total. The summed E-state index contributed by atoms with van der Waals surface area (Å²) < 4.78 is 0. The predicted molar refractivity (Wildman–Crippen MR) is 43.1 cm³/mol. The number of rotatable bonds is 3. The quantitative estimate of drug-likeness (QED) is 0.496. The molecule has 1 aliphatic heterocycles. The molecule has 0 atom stereocenters. The van der Waals surface area contributed by atoms with Crippen molar-refractivity contribution in [1.29, 1.82) is 0 Å². The van der Waals surface area contributed by atoms with Crippen molar-refractivity contribution in [2.45, 2.75) is 0 Å². The minimum absolute atomic E-state index is 0.303. The van der Waals surface area contributed by atoms with Crippen LogP contribution in [0, 0.1) is 0 Å². The average Bonchev–Trinajstić information content (AvgIpc) is 2.32. The molecule has 0 fully saturated rings. The lowest BCUT2D eigenvalue weighted by Crippen LogP contribution is -2.36. The second-order valence-corrected chi connectivity index (χ2v) is 2.76. The summed E-state index contributed by atoms with van der Waals surface area (Å²) in [7, 11) is 0. The van der Waals surface area contributed by atoms with Crippen LogP contribution in [0.2, 0.25) is 0 Å². The maximum Gasteiger partial charge on any atom is 0.337 e. The minimum Gasteiger partial charge on any atom is -0.503 e. The molecule has 0 spiro atoms. The second-order valence-electron chi connectivity index (χ2n) is 2.76. The molecule has 14 heavy (non-hydrogen) atoms. The topological polar surface area (TPSA) is 121 Å². The zero-order chi connectivity index (χ0) is 10.9. The molecule has 2 amide bonds. The molecule has 0 aliphatic carbocycles. The molecular weight excluding hydrogens is 192 g/mol. The summed E-state index contributed by atoms with van der Waals surface area (Å²) in [6, 6.07) is 0. The van der Waals surface area contributed by atoms with E-state index in [-0.39, 0.29) is 6.54 Å². The predicted octanol–water partition coefficient (Wildman–Crippen LogP) is -1.79. The molecule has 0 radical (unpaired) electrons. The highest BCUT2D eigenvalue weighted by molar-refractivity contribution is 6.05. The number of amides is 2. The molecule has 1 aliphatic rings. The van der Waals surface area contributed by atoms with E-state index in [2.05, 4.69) is 0 Å². The maximum atomic E-state index is 11.1. The standard InChI is InChI=1S/C7H8N2O5/c8-4(10)2-9-1-3(7(13)14)5(11)6(9)12/h11H,1-2H2,(H2,8,10)(H,13,14). The van der Waals surface area contributed by atoms with Gasteiger partial charge in [0.25, 0.3) is 5.91 Å². The third-order valence-electron chi connectivity index (χ3n) is 1.73. The zero-order valence-corrected chi connectivity index (χ0v) is 7.06. The van der Waals surface area contributed by atoms with E-state index in [4.69, 9.17) is 15.9 Å². The van der Waals surface area contributed by atoms with Gasteiger partial charge in [0, 0.05) is 0 Å². The van der Waals surface area contributed by atoms with Crippen LogP contribution in [0.3, 0.4) is 0 Å². The molecular formula is C7H8N2O5. The monoisotopic (exact) mass is 200 g/mol. The van der Waals surface area contributed by atoms with Crippen LogP contribution in [-0.2, 0) is 14.4 Å². The highest BCUT2D eigenvalue weighted by Crippen LogP contribution is 2.16. The number of carbonyl (C=O) groups excluding carboxylic acids is 2. The smallest absolute Gasteiger partial charge is 0.337 e. The molecule has 0 bridgehead atoms. The number of carboxylic acid groups (broad SMARTS) is 1. The van der Waals surface area contributed by atoms with Gasteiger partial charge in [-0.15, -0.1) is 0 Å². The third-order valence-corrected chi connectivity index (χ3v) is 1.73. The average molecular weight is 200 g/mol. The van der Waals surface area contributed by atoms with Crippen LogP contribution in [-0.4, -0.2) is 46.0 Å². The van der Waals surface area contributed by atoms with Gasteiger partial charge in [-0.25, -0.2) is 4.79 Å². The van der Waals surface area contributed by atoms with Gasteiger partial charge in [0.15, 0.2) is 5.76 Å². The van der Waals surface area contributed by atoms with Crippen molar-refractivity contribution in [3.63, 3.8) is 0 Å². The van der Waals surface area contributed by atoms with Crippen molar-refractivity contribution in [3.05, 3.63) is 11.3 Å². The molecule has 1 heterocycles. The Morgan fingerprint density at radius 1 is 1.50 bits per heavy atom. The number of hydrogen-bond acceptors (Lipinski definition) is 4. The van der Waals surface area contributed by atoms with E-state index in [9.17, 15) is 14.4 Å². The first-order valence-corrected chi connectivity index (χ1v) is 3.66. The molecule has 0 aromatic carbocycles. The number of primary amides is 1. The molecule has 7 nitrogen and oxygen atoms in total. The summed E-state index contributed by atoms with van der Waals surface area (Å²) >= 11 is 0. The van der Waals surface area contributed by atoms with Crippen molar-refractivity contribution in [1.82, 2.24) is 4.90 Å². The number of aliphatic hydroxyl groups is 1. The maximum absolute atomic E-state index is 11.1. The Bertz CT molecular complexity index is 346. The SMILES string of the molecule is NC(=O)CN1CC(C(=O)O)=C(O)C1=O. The largest absolute Gasteiger partial charge is 0.503 e. The lowest BCUT2D eigenvalue weighted by atomic mass is 10.3. The van der Waals surface area contributed by atoms with Crippen LogP contribution in [0.1, 0.15) is 0 Å². The fourth-order valence-corrected chi connectivity index (χ4v) is 1.10. The van der Waals surface area contributed by atoms with Gasteiger partial charge in [-0.1, -0.05) is 0 Å². The van der Waals surface area contributed by atoms with E-state index >= 15 is 0 Å². The summed E-state index contributed by atoms with van der Waals surface area (Å²) in [6.45, 7) is -0.706. The first-order chi connectivity index (χ1) is 6.43. The van der Waals surface area contributed by atoms with Crippen molar-refractivity contribution < 1.29 is 24.6 Å². The van der Waals surface area contributed by atoms with Crippen molar-refractivity contribution in [2.75, 3.05) is 13.1 Å². The number of aliphatic hydroxyl groups excluding tert-OH is 1. The van der Waals surface area contributed by atoms with E-state index in [1.54, 1.807) is 0 Å². The van der Waals surface area contributed by atoms with Gasteiger partial charge < -0.3 is 20.8 Å². The Morgan fingerprint density at radius 3 is 2.43 bits per heavy atom. The lowest BCUT2D eigenvalue weighted by Gasteiger charge is -2.12. The summed E-state index contributed by atoms with van der Waals surface area (Å²) in [5.74, 6) is -3.87. The molecule has 0 saturated carbocycles. The molecule has 76 valence electrons. The van der Waals surface area contributed by atoms with E-state index in [0.29, 0.717) is 0 Å². The van der Waals surface area contributed by atoms with Gasteiger partial charge in [0.2, 0.25) is 5.91 Å². The Labute approximate surface area is 78.4 Å². The fraction of sp³-hybridized carbons (Fsp3) is 0.286. The van der Waals surface area contributed by atoms with Crippen LogP contribution in [0.5, 0.6) is 0 Å². The van der Waals surface area contributed by atoms with Gasteiger partial charge in [-0.05, 0) is 0 Å². The van der Waals surface area contributed by atoms with Crippen molar-refractivity contribution in [3.8, 4) is 0 Å². The number of carboxylic acids is 1. The van der Waals surface area contributed by atoms with Crippen LogP contribution in [0.15, 0.2) is 11.3 Å². The summed E-state index contributed by atoms with van der Waals surface area (Å²) in [6.07, 6.45) is 0. The summed E-state index contributed by atoms with van der Waals surface area (Å²) in [5, 5.41) is 17.6. The Balaban J connectivity index is 2.82. The number of aliphatic carboxylic acids is 1. The van der Waals surface area contributed by atoms with Gasteiger partial charge in [-0.3, -0.25) is 9.59 Å². The Morgan fingerprint density at radius 2 is 2.07 bits per heavy atom. The molecule has 0 aromatic heterocycles. The molecule has 0 unspecified atom stereocenters. The van der Waals surface area contributed by atoms with Crippen molar-refractivity contribution in [2.24, 2.45) is 5.73 Å². The highest BCUT2D eigenvalue weighted by atomic mass is 16.4. The van der Waals surface area contributed by atoms with Gasteiger partial charge in [-0.2, -0.15) is 0 Å². The first-order valence-electron chi connectivity index (χ1n) is 3.66. The minimum atomic E-state index is -1.39. The van der Waals surface area contributed by atoms with Crippen LogP contribution >= 0.6 is 0 Å². The van der Waals surface area contributed by atoms with Crippen LogP contribution in [0.4, 0.5) is 0 Å². The zero-order valence-electron chi connectivity index (χ0n) is 7.06. The highest BCUT2D eigenvalue weighted by Gasteiger charge is 2.34. The molecule has 7 heteroatoms. The van der Waals surface area contributed by atoms with Crippen LogP contribution in [0.25, 0.3) is 0 Å². The second kappa shape index (κ2) is 3.36. The summed E-state index contributed by atoms with van der Waals surface area (Å²) in [5.41, 5.74) is 4.40. The van der Waals surface area contributed by atoms with Crippen molar-refractivity contribution >= 4 is 17.8 Å². The Hall–Kier alpha value is -2.05. The normalized spacial score (nSPS) is 16.3. The molecule has 0 saturated heterocycles. The summed E-state index contributed by atoms with van der Waals surface area (Å²) in [4.78, 5) is 32.9. The third kappa shape index (κ3) is 1.65. The van der Waals surface area contributed by atoms with Gasteiger partial charge in [0.05, 0.1) is 6.54 Å². The fourth-order valence-electron chi connectivity index (χ4n) is 1.10. The number of carbonyl (C=O) groups is 3. The number of hydrogen-bond donors (Lipinski definition) is 3.